The van der Waals surface area contributed by atoms with Crippen LogP contribution in [0, 0.1) is 11.8 Å². The van der Waals surface area contributed by atoms with E-state index in [1.807, 2.05) is 5.32 Å². The molecule has 2 aromatic rings. The number of carbonyl (C=O) groups is 2. The third-order valence-corrected chi connectivity index (χ3v) is 5.83. The Morgan fingerprint density at radius 3 is 2.26 bits per heavy atom. The van der Waals surface area contributed by atoms with Gasteiger partial charge in [-0.1, -0.05) is 31.4 Å². The summed E-state index contributed by atoms with van der Waals surface area (Å²) in [5, 5.41) is 16.0. The fourth-order valence-electron chi connectivity index (χ4n) is 3.84. The van der Waals surface area contributed by atoms with Gasteiger partial charge in [0.25, 0.3) is 5.91 Å². The molecule has 1 aliphatic carbocycles. The lowest BCUT2D eigenvalue weighted by Crippen LogP contribution is -2.43. The number of nitrogens with one attached hydrogen (secondary N) is 2. The molecule has 1 aliphatic rings. The van der Waals surface area contributed by atoms with Gasteiger partial charge in [-0.2, -0.15) is 18.3 Å². The Bertz CT molecular complexity index is 1010. The molecule has 2 amide bonds. The van der Waals surface area contributed by atoms with Crippen LogP contribution in [0.15, 0.2) is 30.5 Å². The highest BCUT2D eigenvalue weighted by atomic mass is 19.4. The minimum absolute atomic E-state index is 0.232. The van der Waals surface area contributed by atoms with Gasteiger partial charge in [-0.25, -0.2) is 5.26 Å². The zero-order chi connectivity index (χ0) is 25.5. The van der Waals surface area contributed by atoms with Gasteiger partial charge in [-0.3, -0.25) is 14.3 Å². The predicted molar refractivity (Wildman–Crippen MR) is 121 cm³/mol. The van der Waals surface area contributed by atoms with Crippen molar-refractivity contribution in [1.29, 1.82) is 5.26 Å². The number of benzene rings is 1. The first kappa shape index (κ1) is 26.7. The lowest BCUT2D eigenvalue weighted by atomic mass is 9.83. The zero-order valence-electron chi connectivity index (χ0n) is 19.2. The smallest absolute Gasteiger partial charge is 0.365 e. The van der Waals surface area contributed by atoms with Crippen molar-refractivity contribution in [3.8, 4) is 6.57 Å². The van der Waals surface area contributed by atoms with Gasteiger partial charge in [-0.05, 0) is 44.4 Å². The standard InChI is InChI=1S/C22H28F3N5O2.CHN/c1-21(2,20(32)27-13-22(23,24)25)14-8-10-15(11-9-14)28-19-17(18(26)31)12-30(29-19)16-6-4-3-5-7-16;1-2/h8-12,16H,3-7,13H2,1-2H3,(H2,26,31)(H,27,32)(H,28,29);1H. The molecule has 1 aromatic heterocycles. The molecule has 0 unspecified atom stereocenters. The number of nitrogens with zero attached hydrogens (tertiary/aromatic N) is 3. The van der Waals surface area contributed by atoms with Crippen molar-refractivity contribution in [3.63, 3.8) is 0 Å². The Balaban J connectivity index is 0.00000199. The number of primary amides is 1. The van der Waals surface area contributed by atoms with Crippen molar-refractivity contribution < 1.29 is 22.8 Å². The molecule has 1 aromatic carbocycles. The summed E-state index contributed by atoms with van der Waals surface area (Å²) in [6, 6.07) is 6.89. The summed E-state index contributed by atoms with van der Waals surface area (Å²) in [6.45, 7) is 5.23. The largest absolute Gasteiger partial charge is 0.405 e. The molecule has 0 spiro atoms. The molecule has 0 aliphatic heterocycles. The van der Waals surface area contributed by atoms with Crippen molar-refractivity contribution in [3.05, 3.63) is 41.6 Å². The molecule has 184 valence electrons. The highest BCUT2D eigenvalue weighted by molar-refractivity contribution is 5.98. The normalized spacial score (nSPS) is 14.6. The summed E-state index contributed by atoms with van der Waals surface area (Å²) in [6.07, 6.45) is 2.63. The Labute approximate surface area is 196 Å². The van der Waals surface area contributed by atoms with E-state index in [9.17, 15) is 22.8 Å². The maximum Gasteiger partial charge on any atom is 0.405 e. The number of rotatable bonds is 7. The molecule has 1 heterocycles. The van der Waals surface area contributed by atoms with Crippen molar-refractivity contribution in [2.75, 3.05) is 11.9 Å². The summed E-state index contributed by atoms with van der Waals surface area (Å²) >= 11 is 0. The maximum absolute atomic E-state index is 12.4. The van der Waals surface area contributed by atoms with E-state index in [0.717, 1.165) is 25.7 Å². The summed E-state index contributed by atoms with van der Waals surface area (Å²) in [5.74, 6) is -0.968. The van der Waals surface area contributed by atoms with Gasteiger partial charge in [0.2, 0.25) is 5.91 Å². The van der Waals surface area contributed by atoms with Crippen molar-refractivity contribution in [2.24, 2.45) is 5.73 Å². The van der Waals surface area contributed by atoms with E-state index >= 15 is 0 Å². The Morgan fingerprint density at radius 2 is 1.74 bits per heavy atom. The fourth-order valence-corrected chi connectivity index (χ4v) is 3.84. The Kier molecular flexibility index (Phi) is 8.68. The monoisotopic (exact) mass is 478 g/mol. The quantitative estimate of drug-likeness (QED) is 0.546. The molecule has 0 bridgehead atoms. The third kappa shape index (κ3) is 6.73. The molecule has 8 nitrogen and oxygen atoms in total. The van der Waals surface area contributed by atoms with Crippen molar-refractivity contribution >= 4 is 23.3 Å². The number of carbonyl (C=O) groups excluding carboxylic acids is 2. The van der Waals surface area contributed by atoms with Crippen LogP contribution < -0.4 is 16.4 Å². The van der Waals surface area contributed by atoms with Crippen LogP contribution in [-0.4, -0.2) is 34.3 Å². The van der Waals surface area contributed by atoms with Crippen LogP contribution in [0.1, 0.15) is 67.9 Å². The van der Waals surface area contributed by atoms with Crippen LogP contribution >= 0.6 is 0 Å². The maximum atomic E-state index is 12.4. The Hall–Kier alpha value is -3.55. The van der Waals surface area contributed by atoms with Crippen LogP contribution in [0.3, 0.4) is 0 Å². The molecule has 0 atom stereocenters. The number of hydrogen-bond acceptors (Lipinski definition) is 5. The van der Waals surface area contributed by atoms with Gasteiger partial charge in [-0.15, -0.1) is 0 Å². The summed E-state index contributed by atoms with van der Waals surface area (Å²) in [7, 11) is 0. The second-order valence-electron chi connectivity index (χ2n) is 8.65. The molecule has 0 saturated heterocycles. The third-order valence-electron chi connectivity index (χ3n) is 5.83. The first-order valence-electron chi connectivity index (χ1n) is 10.8. The average molecular weight is 479 g/mol. The van der Waals surface area contributed by atoms with Gasteiger partial charge in [0.15, 0.2) is 5.82 Å². The number of nitriles is 1. The Morgan fingerprint density at radius 1 is 1.15 bits per heavy atom. The van der Waals surface area contributed by atoms with E-state index in [2.05, 4.69) is 17.0 Å². The van der Waals surface area contributed by atoms with E-state index < -0.39 is 30.0 Å². The topological polar surface area (TPSA) is 126 Å². The molecule has 3 rings (SSSR count). The summed E-state index contributed by atoms with van der Waals surface area (Å²) in [4.78, 5) is 24.2. The number of anilines is 2. The van der Waals surface area contributed by atoms with E-state index in [0.29, 0.717) is 17.1 Å². The number of hydrogen-bond donors (Lipinski definition) is 3. The molecule has 34 heavy (non-hydrogen) atoms. The van der Waals surface area contributed by atoms with E-state index in [1.54, 1.807) is 49.0 Å². The second kappa shape index (κ2) is 11.0. The molecule has 1 fully saturated rings. The van der Waals surface area contributed by atoms with Crippen LogP contribution in [0.5, 0.6) is 0 Å². The van der Waals surface area contributed by atoms with E-state index in [1.165, 1.54) is 6.42 Å². The lowest BCUT2D eigenvalue weighted by Gasteiger charge is -2.25. The van der Waals surface area contributed by atoms with Crippen LogP contribution in [0.2, 0.25) is 0 Å². The van der Waals surface area contributed by atoms with Crippen molar-refractivity contribution in [2.45, 2.75) is 63.6 Å². The summed E-state index contributed by atoms with van der Waals surface area (Å²) < 4.78 is 39.0. The predicted octanol–water partition coefficient (Wildman–Crippen LogP) is 4.33. The molecule has 4 N–H and O–H groups in total. The number of amides is 2. The first-order chi connectivity index (χ1) is 16.0. The molecule has 11 heteroatoms. The second-order valence-corrected chi connectivity index (χ2v) is 8.65. The minimum atomic E-state index is -4.47. The zero-order valence-corrected chi connectivity index (χ0v) is 19.2. The van der Waals surface area contributed by atoms with Crippen LogP contribution in [-0.2, 0) is 10.2 Å². The van der Waals surface area contributed by atoms with E-state index in [4.69, 9.17) is 11.0 Å². The van der Waals surface area contributed by atoms with Gasteiger partial charge >= 0.3 is 6.18 Å². The van der Waals surface area contributed by atoms with Gasteiger partial charge in [0.1, 0.15) is 12.1 Å². The molecular formula is C23H29F3N6O2. The van der Waals surface area contributed by atoms with Gasteiger partial charge in [0.05, 0.1) is 11.5 Å². The number of aromatic nitrogens is 2. The van der Waals surface area contributed by atoms with Crippen LogP contribution in [0.25, 0.3) is 0 Å². The molecule has 0 radical (unpaired) electrons. The van der Waals surface area contributed by atoms with Crippen molar-refractivity contribution in [1.82, 2.24) is 15.1 Å². The lowest BCUT2D eigenvalue weighted by molar-refractivity contribution is -0.141. The first-order valence-corrected chi connectivity index (χ1v) is 10.8. The van der Waals surface area contributed by atoms with Gasteiger partial charge in [0, 0.05) is 18.5 Å². The molecule has 1 saturated carbocycles. The fraction of sp³-hybridized carbons (Fsp3) is 0.478. The van der Waals surface area contributed by atoms with E-state index in [-0.39, 0.29) is 11.6 Å². The highest BCUT2D eigenvalue weighted by Crippen LogP contribution is 2.31. The average Bonchev–Trinajstić information content (AvgIpc) is 3.23. The minimum Gasteiger partial charge on any atom is -0.365 e. The SMILES string of the molecule is C#N.CC(C)(C(=O)NCC(F)(F)F)c1ccc(Nc2nn(C3CCCCC3)cc2C(N)=O)cc1. The van der Waals surface area contributed by atoms with Gasteiger partial charge < -0.3 is 16.4 Å². The number of alkyl halides is 3. The van der Waals surface area contributed by atoms with Crippen LogP contribution in [0.4, 0.5) is 24.7 Å². The highest BCUT2D eigenvalue weighted by Gasteiger charge is 2.34. The number of nitrogens with two attached hydrogens (primary N) is 1. The summed E-state index contributed by atoms with van der Waals surface area (Å²) in [5.41, 5.74) is 5.80. The number of halogens is 3. The molecular weight excluding hydrogens is 449 g/mol.